The maximum absolute atomic E-state index is 12.2. The Morgan fingerprint density at radius 3 is 2.45 bits per heavy atom. The van der Waals surface area contributed by atoms with E-state index in [0.29, 0.717) is 39.6 Å². The fraction of sp³-hybridized carbons (Fsp3) is 0.238. The number of methoxy groups -OCH3 is 1. The molecule has 1 amide bonds. The Kier molecular flexibility index (Phi) is 7.41. The Labute approximate surface area is 184 Å². The molecule has 29 heavy (non-hydrogen) atoms. The molecule has 0 bridgehead atoms. The summed E-state index contributed by atoms with van der Waals surface area (Å²) in [5.41, 5.74) is 0.738. The molecule has 2 aromatic carbocycles. The van der Waals surface area contributed by atoms with E-state index < -0.39 is 0 Å². The second kappa shape index (κ2) is 10.0. The molecule has 0 saturated carbocycles. The van der Waals surface area contributed by atoms with Gasteiger partial charge in [-0.05, 0) is 48.5 Å². The molecule has 0 atom stereocenters. The first kappa shape index (κ1) is 21.5. The normalized spacial score (nSPS) is 15.1. The number of nitrogens with zero attached hydrogens (tertiary/aromatic N) is 1. The van der Waals surface area contributed by atoms with Crippen LogP contribution in [0.3, 0.4) is 0 Å². The predicted molar refractivity (Wildman–Crippen MR) is 121 cm³/mol. The maximum Gasteiger partial charge on any atom is 0.265 e. The zero-order valence-electron chi connectivity index (χ0n) is 16.0. The van der Waals surface area contributed by atoms with E-state index >= 15 is 0 Å². The van der Waals surface area contributed by atoms with Crippen LogP contribution in [0.4, 0.5) is 0 Å². The zero-order valence-corrected chi connectivity index (χ0v) is 18.4. The number of ether oxygens (including phenoxy) is 3. The molecule has 0 spiro atoms. The van der Waals surface area contributed by atoms with Gasteiger partial charge in [0.25, 0.3) is 5.91 Å². The van der Waals surface area contributed by atoms with Crippen LogP contribution in [0.5, 0.6) is 17.2 Å². The lowest BCUT2D eigenvalue weighted by Gasteiger charge is -2.11. The van der Waals surface area contributed by atoms with Crippen LogP contribution in [0.2, 0.25) is 5.02 Å². The van der Waals surface area contributed by atoms with Crippen molar-refractivity contribution in [1.82, 2.24) is 4.90 Å². The van der Waals surface area contributed by atoms with Crippen molar-refractivity contribution in [3.63, 3.8) is 0 Å². The minimum atomic E-state index is -0.126. The van der Waals surface area contributed by atoms with E-state index in [1.165, 1.54) is 16.7 Å². The number of thiocarbonyl (C=S) groups is 1. The van der Waals surface area contributed by atoms with Gasteiger partial charge in [-0.1, -0.05) is 35.6 Å². The molecule has 0 aromatic heterocycles. The van der Waals surface area contributed by atoms with Crippen LogP contribution < -0.4 is 14.2 Å². The Bertz CT molecular complexity index is 931. The molecule has 8 heteroatoms. The third-order valence-electron chi connectivity index (χ3n) is 4.12. The smallest absolute Gasteiger partial charge is 0.265 e. The van der Waals surface area contributed by atoms with Gasteiger partial charge in [0.15, 0.2) is 0 Å². The average molecular weight is 450 g/mol. The van der Waals surface area contributed by atoms with Crippen molar-refractivity contribution in [3.8, 4) is 17.2 Å². The molecular weight excluding hydrogens is 430 g/mol. The van der Waals surface area contributed by atoms with Crippen molar-refractivity contribution in [1.29, 1.82) is 0 Å². The summed E-state index contributed by atoms with van der Waals surface area (Å²) in [6, 6.07) is 12.8. The molecule has 0 radical (unpaired) electrons. The van der Waals surface area contributed by atoms with Crippen molar-refractivity contribution >= 4 is 51.9 Å². The van der Waals surface area contributed by atoms with Crippen LogP contribution >= 0.6 is 35.6 Å². The number of benzene rings is 2. The van der Waals surface area contributed by atoms with Crippen LogP contribution in [0.25, 0.3) is 6.08 Å². The van der Waals surface area contributed by atoms with Gasteiger partial charge in [-0.25, -0.2) is 0 Å². The zero-order chi connectivity index (χ0) is 20.8. The quantitative estimate of drug-likeness (QED) is 0.320. The molecule has 0 aliphatic carbocycles. The summed E-state index contributed by atoms with van der Waals surface area (Å²) in [6.07, 6.45) is 2.46. The van der Waals surface area contributed by atoms with Crippen molar-refractivity contribution in [2.24, 2.45) is 0 Å². The number of amides is 1. The number of carbonyl (C=O) groups excluding carboxylic acids is 1. The highest BCUT2D eigenvalue weighted by molar-refractivity contribution is 8.26. The summed E-state index contributed by atoms with van der Waals surface area (Å²) in [6.45, 7) is 0.983. The van der Waals surface area contributed by atoms with Crippen molar-refractivity contribution in [2.75, 3.05) is 27.4 Å². The molecule has 1 fully saturated rings. The van der Waals surface area contributed by atoms with Gasteiger partial charge in [-0.2, -0.15) is 0 Å². The SMILES string of the molecule is COc1ccc(OCCCOc2ccc(Cl)cc2/C=C2\SC(=S)N(C)C2=O)cc1. The van der Waals surface area contributed by atoms with E-state index in [1.807, 2.05) is 24.3 Å². The number of thioether (sulfide) groups is 1. The summed E-state index contributed by atoms with van der Waals surface area (Å²) in [5, 5.41) is 0.568. The number of carbonyl (C=O) groups is 1. The van der Waals surface area contributed by atoms with Crippen LogP contribution in [-0.4, -0.2) is 42.5 Å². The second-order valence-corrected chi connectivity index (χ2v) is 8.26. The molecule has 1 saturated heterocycles. The lowest BCUT2D eigenvalue weighted by molar-refractivity contribution is -0.121. The van der Waals surface area contributed by atoms with Crippen LogP contribution in [-0.2, 0) is 4.79 Å². The number of rotatable bonds is 8. The molecule has 3 rings (SSSR count). The fourth-order valence-electron chi connectivity index (χ4n) is 2.55. The van der Waals surface area contributed by atoms with Crippen LogP contribution in [0.15, 0.2) is 47.4 Å². The second-order valence-electron chi connectivity index (χ2n) is 6.15. The van der Waals surface area contributed by atoms with Gasteiger partial charge in [0.2, 0.25) is 0 Å². The predicted octanol–water partition coefficient (Wildman–Crippen LogP) is 5.03. The lowest BCUT2D eigenvalue weighted by atomic mass is 10.2. The molecule has 0 unspecified atom stereocenters. The van der Waals surface area contributed by atoms with Gasteiger partial charge in [0.1, 0.15) is 21.6 Å². The van der Waals surface area contributed by atoms with Crippen molar-refractivity contribution in [3.05, 3.63) is 58.0 Å². The summed E-state index contributed by atoms with van der Waals surface area (Å²) < 4.78 is 17.3. The summed E-state index contributed by atoms with van der Waals surface area (Å²) >= 11 is 12.6. The highest BCUT2D eigenvalue weighted by Crippen LogP contribution is 2.34. The fourth-order valence-corrected chi connectivity index (χ4v) is 3.90. The molecule has 152 valence electrons. The first-order chi connectivity index (χ1) is 14.0. The van der Waals surface area contributed by atoms with E-state index in [1.54, 1.807) is 38.4 Å². The minimum Gasteiger partial charge on any atom is -0.497 e. The van der Waals surface area contributed by atoms with Crippen molar-refractivity contribution in [2.45, 2.75) is 6.42 Å². The van der Waals surface area contributed by atoms with E-state index in [-0.39, 0.29) is 5.91 Å². The maximum atomic E-state index is 12.2. The van der Waals surface area contributed by atoms with Crippen molar-refractivity contribution < 1.29 is 19.0 Å². The highest BCUT2D eigenvalue weighted by atomic mass is 35.5. The third-order valence-corrected chi connectivity index (χ3v) is 5.84. The molecule has 0 N–H and O–H groups in total. The number of likely N-dealkylation sites (N-methyl/N-ethyl adjacent to an activating group) is 1. The van der Waals surface area contributed by atoms with E-state index in [2.05, 4.69) is 0 Å². The third kappa shape index (κ3) is 5.65. The Morgan fingerprint density at radius 2 is 1.79 bits per heavy atom. The molecular formula is C21H20ClNO4S2. The molecule has 1 heterocycles. The Balaban J connectivity index is 1.57. The van der Waals surface area contributed by atoms with Gasteiger partial charge in [0, 0.05) is 24.1 Å². The first-order valence-electron chi connectivity index (χ1n) is 8.88. The monoisotopic (exact) mass is 449 g/mol. The molecule has 1 aliphatic heterocycles. The van der Waals surface area contributed by atoms with Gasteiger partial charge in [0.05, 0.1) is 25.2 Å². The summed E-state index contributed by atoms with van der Waals surface area (Å²) in [5.74, 6) is 2.09. The average Bonchev–Trinajstić information content (AvgIpc) is 2.96. The van der Waals surface area contributed by atoms with Gasteiger partial charge in [-0.3, -0.25) is 9.69 Å². The Hall–Kier alpha value is -2.22. The first-order valence-corrected chi connectivity index (χ1v) is 10.5. The van der Waals surface area contributed by atoms with Gasteiger partial charge >= 0.3 is 0 Å². The van der Waals surface area contributed by atoms with Crippen LogP contribution in [0, 0.1) is 0 Å². The van der Waals surface area contributed by atoms with E-state index in [0.717, 1.165) is 17.1 Å². The Morgan fingerprint density at radius 1 is 1.10 bits per heavy atom. The standard InChI is InChI=1S/C21H20ClNO4S2/c1-23-20(24)19(29-21(23)28)13-14-12-15(22)4-9-18(14)27-11-3-10-26-17-7-5-16(25-2)6-8-17/h4-9,12-13H,3,10-11H2,1-2H3/b19-13-. The number of halogens is 1. The molecule has 1 aliphatic rings. The summed E-state index contributed by atoms with van der Waals surface area (Å²) in [7, 11) is 3.29. The van der Waals surface area contributed by atoms with Crippen LogP contribution in [0.1, 0.15) is 12.0 Å². The largest absolute Gasteiger partial charge is 0.497 e. The lowest BCUT2D eigenvalue weighted by Crippen LogP contribution is -2.22. The minimum absolute atomic E-state index is 0.126. The molecule has 5 nitrogen and oxygen atoms in total. The number of hydrogen-bond donors (Lipinski definition) is 0. The molecule has 2 aromatic rings. The van der Waals surface area contributed by atoms with Gasteiger partial charge < -0.3 is 14.2 Å². The van der Waals surface area contributed by atoms with E-state index in [4.69, 9.17) is 38.0 Å². The summed E-state index contributed by atoms with van der Waals surface area (Å²) in [4.78, 5) is 14.2. The van der Waals surface area contributed by atoms with Gasteiger partial charge in [-0.15, -0.1) is 0 Å². The topological polar surface area (TPSA) is 48.0 Å². The highest BCUT2D eigenvalue weighted by Gasteiger charge is 2.28. The number of hydrogen-bond acceptors (Lipinski definition) is 6. The van der Waals surface area contributed by atoms with E-state index in [9.17, 15) is 4.79 Å².